The van der Waals surface area contributed by atoms with Crippen LogP contribution >= 0.6 is 0 Å². The molecule has 3 heterocycles. The fourth-order valence-electron chi connectivity index (χ4n) is 8.69. The summed E-state index contributed by atoms with van der Waals surface area (Å²) in [7, 11) is 0. The Balaban J connectivity index is 1.17. The molecule has 0 atom stereocenters. The Morgan fingerprint density at radius 2 is 1.20 bits per heavy atom. The summed E-state index contributed by atoms with van der Waals surface area (Å²) in [5, 5.41) is 9.01. The van der Waals surface area contributed by atoms with Crippen LogP contribution in [0.1, 0.15) is 43.6 Å². The minimum absolute atomic E-state index is 0.597. The van der Waals surface area contributed by atoms with Gasteiger partial charge >= 0.3 is 0 Å². The van der Waals surface area contributed by atoms with Crippen molar-refractivity contribution in [2.75, 3.05) is 0 Å². The molecule has 0 aliphatic heterocycles. The predicted molar refractivity (Wildman–Crippen MR) is 206 cm³/mol. The van der Waals surface area contributed by atoms with Crippen molar-refractivity contribution in [2.24, 2.45) is 0 Å². The van der Waals surface area contributed by atoms with Crippen LogP contribution in [0.25, 0.3) is 98.8 Å². The van der Waals surface area contributed by atoms with E-state index in [1.54, 1.807) is 0 Å². The normalized spacial score (nSPS) is 14.3. The number of benzene rings is 7. The van der Waals surface area contributed by atoms with Gasteiger partial charge in [-0.2, -0.15) is 0 Å². The number of rotatable bonds is 3. The van der Waals surface area contributed by atoms with Crippen molar-refractivity contribution in [2.45, 2.75) is 38.0 Å². The highest BCUT2D eigenvalue weighted by Gasteiger charge is 2.23. The molecule has 10 aromatic rings. The van der Waals surface area contributed by atoms with Crippen molar-refractivity contribution in [3.8, 4) is 22.4 Å². The number of hydrogen-bond donors (Lipinski definition) is 0. The van der Waals surface area contributed by atoms with Crippen LogP contribution in [0.5, 0.6) is 0 Å². The highest BCUT2D eigenvalue weighted by atomic mass is 16.3. The van der Waals surface area contributed by atoms with Gasteiger partial charge in [0.05, 0.1) is 22.9 Å². The zero-order chi connectivity index (χ0) is 32.8. The van der Waals surface area contributed by atoms with Crippen LogP contribution < -0.4 is 0 Å². The van der Waals surface area contributed by atoms with Crippen LogP contribution in [0.15, 0.2) is 136 Å². The fourth-order valence-corrected chi connectivity index (χ4v) is 8.69. The molecule has 0 spiro atoms. The Hall–Kier alpha value is -6.00. The first-order valence-corrected chi connectivity index (χ1v) is 17.8. The van der Waals surface area contributed by atoms with E-state index in [1.807, 2.05) is 12.3 Å². The molecule has 0 amide bonds. The van der Waals surface area contributed by atoms with Gasteiger partial charge in [-0.3, -0.25) is 4.98 Å². The number of fused-ring (bicyclic) bond motifs is 12. The average molecular weight is 645 g/mol. The number of hydrogen-bond acceptors (Lipinski definition) is 4. The maximum atomic E-state index is 6.73. The van der Waals surface area contributed by atoms with E-state index in [0.29, 0.717) is 5.92 Å². The average Bonchev–Trinajstić information content (AvgIpc) is 3.75. The Morgan fingerprint density at radius 3 is 2.02 bits per heavy atom. The van der Waals surface area contributed by atoms with Crippen molar-refractivity contribution in [1.29, 1.82) is 0 Å². The summed E-state index contributed by atoms with van der Waals surface area (Å²) >= 11 is 0. The van der Waals surface area contributed by atoms with Crippen LogP contribution in [0.4, 0.5) is 0 Å². The summed E-state index contributed by atoms with van der Waals surface area (Å²) in [5.74, 6) is 0.597. The molecule has 11 rings (SSSR count). The summed E-state index contributed by atoms with van der Waals surface area (Å²) in [6, 6.07) is 43.0. The van der Waals surface area contributed by atoms with E-state index in [-0.39, 0.29) is 0 Å². The molecule has 7 aromatic carbocycles. The van der Waals surface area contributed by atoms with Crippen LogP contribution in [0, 0.1) is 0 Å². The zero-order valence-corrected chi connectivity index (χ0v) is 27.4. The SMILES string of the molecule is c1cc(-c2cnc3c4ccccc4c4ccccc4c3n2)cc(-c2c3oc4ccccc4c3cc3oc4ccc(C5CCCCC5)cc4c23)c1. The lowest BCUT2D eigenvalue weighted by Gasteiger charge is -2.21. The van der Waals surface area contributed by atoms with E-state index in [9.17, 15) is 0 Å². The topological polar surface area (TPSA) is 52.1 Å². The van der Waals surface area contributed by atoms with Crippen LogP contribution in [-0.2, 0) is 0 Å². The van der Waals surface area contributed by atoms with Crippen molar-refractivity contribution in [1.82, 2.24) is 9.97 Å². The maximum Gasteiger partial charge on any atom is 0.144 e. The van der Waals surface area contributed by atoms with Gasteiger partial charge in [0.2, 0.25) is 0 Å². The Morgan fingerprint density at radius 1 is 0.500 bits per heavy atom. The molecule has 4 heteroatoms. The van der Waals surface area contributed by atoms with Crippen molar-refractivity contribution < 1.29 is 8.83 Å². The summed E-state index contributed by atoms with van der Waals surface area (Å²) in [4.78, 5) is 10.4. The van der Waals surface area contributed by atoms with Gasteiger partial charge in [-0.25, -0.2) is 4.98 Å². The molecule has 1 aliphatic carbocycles. The lowest BCUT2D eigenvalue weighted by molar-refractivity contribution is 0.444. The molecule has 0 radical (unpaired) electrons. The van der Waals surface area contributed by atoms with Crippen molar-refractivity contribution in [3.63, 3.8) is 0 Å². The number of nitrogens with zero attached hydrogens (tertiary/aromatic N) is 2. The summed E-state index contributed by atoms with van der Waals surface area (Å²) < 4.78 is 13.4. The molecule has 50 heavy (non-hydrogen) atoms. The molecular formula is C46H32N2O2. The van der Waals surface area contributed by atoms with Gasteiger partial charge in [-0.15, -0.1) is 0 Å². The highest BCUT2D eigenvalue weighted by molar-refractivity contribution is 6.24. The molecule has 238 valence electrons. The molecule has 1 aliphatic rings. The monoisotopic (exact) mass is 644 g/mol. The second kappa shape index (κ2) is 10.8. The smallest absolute Gasteiger partial charge is 0.144 e. The molecule has 3 aromatic heterocycles. The summed E-state index contributed by atoms with van der Waals surface area (Å²) in [5.41, 5.74) is 10.8. The predicted octanol–water partition coefficient (Wildman–Crippen LogP) is 13.1. The van der Waals surface area contributed by atoms with Crippen molar-refractivity contribution >= 4 is 76.5 Å². The van der Waals surface area contributed by atoms with Gasteiger partial charge in [0.15, 0.2) is 0 Å². The van der Waals surface area contributed by atoms with E-state index in [4.69, 9.17) is 18.8 Å². The van der Waals surface area contributed by atoms with E-state index in [1.165, 1.54) is 48.4 Å². The molecule has 1 fully saturated rings. The third-order valence-corrected chi connectivity index (χ3v) is 11.1. The molecule has 0 unspecified atom stereocenters. The van der Waals surface area contributed by atoms with Crippen LogP contribution in [-0.4, -0.2) is 9.97 Å². The third kappa shape index (κ3) is 4.11. The van der Waals surface area contributed by atoms with Gasteiger partial charge in [0, 0.05) is 43.4 Å². The molecule has 0 N–H and O–H groups in total. The largest absolute Gasteiger partial charge is 0.456 e. The third-order valence-electron chi connectivity index (χ3n) is 11.1. The first-order chi connectivity index (χ1) is 24.8. The van der Waals surface area contributed by atoms with Gasteiger partial charge in [0.1, 0.15) is 22.3 Å². The second-order valence-corrected chi connectivity index (χ2v) is 13.9. The maximum absolute atomic E-state index is 6.73. The van der Waals surface area contributed by atoms with E-state index < -0.39 is 0 Å². The quantitative estimate of drug-likeness (QED) is 0.180. The lowest BCUT2D eigenvalue weighted by atomic mass is 9.83. The molecular weight excluding hydrogens is 613 g/mol. The summed E-state index contributed by atoms with van der Waals surface area (Å²) in [6.45, 7) is 0. The van der Waals surface area contributed by atoms with Gasteiger partial charge in [-0.1, -0.05) is 110 Å². The van der Waals surface area contributed by atoms with Crippen LogP contribution in [0.3, 0.4) is 0 Å². The Kier molecular flexibility index (Phi) is 6.00. The molecule has 4 nitrogen and oxygen atoms in total. The minimum Gasteiger partial charge on any atom is -0.456 e. The standard InChI is InChI=1S/C46H32N2O2/c1-2-11-27(12-3-1)28-21-22-40-37(24-28)43-41(49-40)25-36-33-17-8-9-20-39(33)50-46(36)42(43)30-14-10-13-29(23-30)38-26-47-44-34-18-6-4-15-31(34)32-16-5-7-19-35(32)45(44)48-38/h4-10,13-27H,1-3,11-12H2. The molecule has 0 saturated heterocycles. The highest BCUT2D eigenvalue weighted by Crippen LogP contribution is 2.46. The zero-order valence-electron chi connectivity index (χ0n) is 27.4. The first-order valence-electron chi connectivity index (χ1n) is 17.8. The molecule has 0 bridgehead atoms. The van der Waals surface area contributed by atoms with Gasteiger partial charge in [-0.05, 0) is 71.0 Å². The summed E-state index contributed by atoms with van der Waals surface area (Å²) in [6.07, 6.45) is 8.37. The first kappa shape index (κ1) is 27.9. The second-order valence-electron chi connectivity index (χ2n) is 13.9. The number of aromatic nitrogens is 2. The van der Waals surface area contributed by atoms with Crippen LogP contribution in [0.2, 0.25) is 0 Å². The van der Waals surface area contributed by atoms with E-state index >= 15 is 0 Å². The Bertz CT molecular complexity index is 2940. The number of furan rings is 2. The lowest BCUT2D eigenvalue weighted by Crippen LogP contribution is -2.04. The molecule has 1 saturated carbocycles. The van der Waals surface area contributed by atoms with E-state index in [2.05, 4.69) is 115 Å². The number of para-hydroxylation sites is 1. The van der Waals surface area contributed by atoms with Crippen molar-refractivity contribution in [3.05, 3.63) is 133 Å². The van der Waals surface area contributed by atoms with E-state index in [0.717, 1.165) is 88.1 Å². The fraction of sp³-hybridized carbons (Fsp3) is 0.130. The Labute approximate surface area is 288 Å². The minimum atomic E-state index is 0.597. The van der Waals surface area contributed by atoms with Gasteiger partial charge < -0.3 is 8.83 Å². The van der Waals surface area contributed by atoms with Gasteiger partial charge in [0.25, 0.3) is 0 Å².